The van der Waals surface area contributed by atoms with E-state index in [2.05, 4.69) is 102 Å². The quantitative estimate of drug-likeness (QED) is 0.238. The van der Waals surface area contributed by atoms with Gasteiger partial charge in [0.2, 0.25) is 0 Å². The lowest BCUT2D eigenvalue weighted by Crippen LogP contribution is -2.69. The number of hydrogen-bond donors (Lipinski definition) is 1. The molecule has 1 N–H and O–H groups in total. The molecule has 0 amide bonds. The first-order chi connectivity index (χ1) is 22.3. The van der Waals surface area contributed by atoms with Crippen molar-refractivity contribution in [3.63, 3.8) is 0 Å². The maximum Gasteiger partial charge on any atom is 0.305 e. The molecule has 0 heterocycles. The van der Waals surface area contributed by atoms with Gasteiger partial charge in [-0.2, -0.15) is 0 Å². The molecule has 2 aromatic carbocycles. The van der Waals surface area contributed by atoms with Crippen molar-refractivity contribution in [2.24, 2.45) is 46.3 Å². The molecule has 47 heavy (non-hydrogen) atoms. The number of ether oxygens (including phenoxy) is 1. The number of carbonyl (C=O) groups excluding carboxylic acids is 2. The number of aliphatic hydroxyl groups excluding tert-OH is 1. The topological polar surface area (TPSA) is 72.8 Å². The number of benzene rings is 2. The van der Waals surface area contributed by atoms with Crippen LogP contribution in [0.15, 0.2) is 60.7 Å². The summed E-state index contributed by atoms with van der Waals surface area (Å²) in [5.41, 5.74) is -0.0158. The van der Waals surface area contributed by atoms with Crippen LogP contribution in [0.25, 0.3) is 0 Å². The molecule has 4 aliphatic rings. The highest BCUT2D eigenvalue weighted by atomic mass is 28.4. The van der Waals surface area contributed by atoms with Crippen molar-refractivity contribution in [3.05, 3.63) is 60.7 Å². The number of Topliss-reactive ketones (excluding diaryl/α,β-unsaturated/α-hetero) is 1. The fourth-order valence-electron chi connectivity index (χ4n) is 11.6. The molecule has 4 saturated carbocycles. The van der Waals surface area contributed by atoms with Gasteiger partial charge in [0.15, 0.2) is 5.78 Å². The van der Waals surface area contributed by atoms with Crippen molar-refractivity contribution in [1.29, 1.82) is 0 Å². The Morgan fingerprint density at radius 3 is 2.04 bits per heavy atom. The standard InChI is InChI=1S/C41H58O5Si/c1-27(18-21-35(42)45-7)31-19-20-32-36-33(23-25-40(31,32)5)41(6)24-22-28(26-34(41)37(43)38(36)44)46-47(39(2,3)4,29-14-10-8-11-15-29)30-16-12-9-13-17-30/h8-17,27-28,31-34,36-37,43H,18-26H2,1-7H3/t27-,28-,31-,32+,33+,34+,36+,37-,40-,41-/m1/s1. The average Bonchev–Trinajstić information content (AvgIpc) is 3.42. The number of aliphatic hydroxyl groups is 1. The number of methoxy groups -OCH3 is 1. The summed E-state index contributed by atoms with van der Waals surface area (Å²) in [6.45, 7) is 14.1. The maximum atomic E-state index is 14.4. The summed E-state index contributed by atoms with van der Waals surface area (Å²) in [5, 5.41) is 14.4. The van der Waals surface area contributed by atoms with E-state index in [1.807, 2.05) is 0 Å². The average molecular weight is 659 g/mol. The Labute approximate surface area is 284 Å². The van der Waals surface area contributed by atoms with Crippen molar-refractivity contribution in [1.82, 2.24) is 0 Å². The second kappa shape index (κ2) is 12.9. The summed E-state index contributed by atoms with van der Waals surface area (Å²) >= 11 is 0. The van der Waals surface area contributed by atoms with Crippen molar-refractivity contribution in [2.45, 2.75) is 117 Å². The van der Waals surface area contributed by atoms with E-state index in [0.29, 0.717) is 30.1 Å². The third-order valence-electron chi connectivity index (χ3n) is 14.0. The minimum absolute atomic E-state index is 0.0150. The summed E-state index contributed by atoms with van der Waals surface area (Å²) in [5.74, 6) is 1.30. The number of ketones is 1. The lowest BCUT2D eigenvalue weighted by molar-refractivity contribution is -0.183. The number of hydrogen-bond acceptors (Lipinski definition) is 5. The van der Waals surface area contributed by atoms with Gasteiger partial charge in [-0.1, -0.05) is 102 Å². The molecule has 0 aliphatic heterocycles. The normalized spacial score (nSPS) is 36.2. The molecule has 0 aromatic heterocycles. The molecule has 6 heteroatoms. The zero-order chi connectivity index (χ0) is 33.8. The van der Waals surface area contributed by atoms with Gasteiger partial charge in [-0.3, -0.25) is 9.59 Å². The molecule has 6 rings (SSSR count). The van der Waals surface area contributed by atoms with Crippen LogP contribution in [-0.4, -0.2) is 44.5 Å². The first-order valence-electron chi connectivity index (χ1n) is 18.4. The van der Waals surface area contributed by atoms with Gasteiger partial charge in [0.1, 0.15) is 6.10 Å². The highest BCUT2D eigenvalue weighted by Gasteiger charge is 2.66. The Kier molecular flexibility index (Phi) is 9.47. The molecule has 10 atom stereocenters. The fourth-order valence-corrected chi connectivity index (χ4v) is 16.4. The molecular formula is C41H58O5Si. The van der Waals surface area contributed by atoms with Crippen LogP contribution >= 0.6 is 0 Å². The van der Waals surface area contributed by atoms with E-state index in [1.165, 1.54) is 17.5 Å². The van der Waals surface area contributed by atoms with Crippen LogP contribution in [0.2, 0.25) is 5.04 Å². The fraction of sp³-hybridized carbons (Fsp3) is 0.659. The highest BCUT2D eigenvalue weighted by molar-refractivity contribution is 6.99. The summed E-state index contributed by atoms with van der Waals surface area (Å²) in [4.78, 5) is 26.3. The van der Waals surface area contributed by atoms with E-state index in [0.717, 1.165) is 51.4 Å². The summed E-state index contributed by atoms with van der Waals surface area (Å²) in [6, 6.07) is 21.6. The lowest BCUT2D eigenvalue weighted by Gasteiger charge is -2.62. The number of esters is 1. The molecule has 0 bridgehead atoms. The Morgan fingerprint density at radius 2 is 1.47 bits per heavy atom. The minimum Gasteiger partial charge on any atom is -0.469 e. The van der Waals surface area contributed by atoms with Crippen LogP contribution in [0.3, 0.4) is 0 Å². The third-order valence-corrected chi connectivity index (χ3v) is 19.1. The van der Waals surface area contributed by atoms with Crippen molar-refractivity contribution >= 4 is 30.4 Å². The van der Waals surface area contributed by atoms with E-state index in [9.17, 15) is 14.7 Å². The van der Waals surface area contributed by atoms with Crippen molar-refractivity contribution in [3.8, 4) is 0 Å². The van der Waals surface area contributed by atoms with Gasteiger partial charge in [-0.05, 0) is 101 Å². The van der Waals surface area contributed by atoms with E-state index < -0.39 is 14.4 Å². The number of rotatable bonds is 8. The molecule has 4 fully saturated rings. The Hall–Kier alpha value is -2.28. The summed E-state index contributed by atoms with van der Waals surface area (Å²) in [7, 11) is -1.29. The predicted molar refractivity (Wildman–Crippen MR) is 190 cm³/mol. The first-order valence-corrected chi connectivity index (χ1v) is 20.3. The van der Waals surface area contributed by atoms with Crippen LogP contribution in [0.4, 0.5) is 0 Å². The molecule has 0 saturated heterocycles. The van der Waals surface area contributed by atoms with Gasteiger partial charge < -0.3 is 14.3 Å². The van der Waals surface area contributed by atoms with Gasteiger partial charge in [-0.15, -0.1) is 0 Å². The highest BCUT2D eigenvalue weighted by Crippen LogP contribution is 2.68. The smallest absolute Gasteiger partial charge is 0.305 e. The van der Waals surface area contributed by atoms with Gasteiger partial charge in [0.25, 0.3) is 8.32 Å². The van der Waals surface area contributed by atoms with Gasteiger partial charge >= 0.3 is 5.97 Å². The zero-order valence-corrected chi connectivity index (χ0v) is 30.8. The van der Waals surface area contributed by atoms with Gasteiger partial charge in [-0.25, -0.2) is 0 Å². The van der Waals surface area contributed by atoms with Crippen LogP contribution in [0, 0.1) is 46.3 Å². The van der Waals surface area contributed by atoms with Crippen LogP contribution in [0.5, 0.6) is 0 Å². The molecule has 0 radical (unpaired) electrons. The number of carbonyl (C=O) groups is 2. The molecule has 0 spiro atoms. The Balaban J connectivity index is 1.26. The molecule has 5 nitrogen and oxygen atoms in total. The van der Waals surface area contributed by atoms with Crippen LogP contribution < -0.4 is 10.4 Å². The summed E-state index contributed by atoms with van der Waals surface area (Å²) < 4.78 is 12.5. The monoisotopic (exact) mass is 658 g/mol. The largest absolute Gasteiger partial charge is 0.469 e. The first kappa shape index (κ1) is 34.6. The molecule has 0 unspecified atom stereocenters. The van der Waals surface area contributed by atoms with Gasteiger partial charge in [0.05, 0.1) is 7.11 Å². The lowest BCUT2D eigenvalue weighted by atomic mass is 9.43. The van der Waals surface area contributed by atoms with Crippen molar-refractivity contribution < 1.29 is 23.9 Å². The molecule has 4 aliphatic carbocycles. The van der Waals surface area contributed by atoms with Crippen LogP contribution in [-0.2, 0) is 18.8 Å². The van der Waals surface area contributed by atoms with E-state index in [-0.39, 0.29) is 45.6 Å². The minimum atomic E-state index is -2.75. The predicted octanol–water partition coefficient (Wildman–Crippen LogP) is 7.33. The Bertz CT molecular complexity index is 1380. The second-order valence-electron chi connectivity index (χ2n) is 17.2. The summed E-state index contributed by atoms with van der Waals surface area (Å²) in [6.07, 6.45) is 7.31. The molecule has 2 aromatic rings. The van der Waals surface area contributed by atoms with E-state index in [4.69, 9.17) is 9.16 Å². The van der Waals surface area contributed by atoms with Crippen LogP contribution in [0.1, 0.15) is 99.3 Å². The Morgan fingerprint density at radius 1 is 0.894 bits per heavy atom. The third kappa shape index (κ3) is 5.68. The van der Waals surface area contributed by atoms with E-state index in [1.54, 1.807) is 0 Å². The number of fused-ring (bicyclic) bond motifs is 5. The van der Waals surface area contributed by atoms with Gasteiger partial charge in [0, 0.05) is 24.4 Å². The molecule has 256 valence electrons. The zero-order valence-electron chi connectivity index (χ0n) is 29.8. The SMILES string of the molecule is COC(=O)CC[C@@H](C)[C@H]1CC[C@H]2[C@@H]3C(=O)[C@H](O)[C@@H]4C[C@H](O[Si](c5ccccc5)(c5ccccc5)C(C)(C)C)CC[C@]4(C)[C@H]3CC[C@]12C. The maximum absolute atomic E-state index is 14.4. The van der Waals surface area contributed by atoms with Crippen molar-refractivity contribution in [2.75, 3.05) is 7.11 Å². The van der Waals surface area contributed by atoms with E-state index >= 15 is 0 Å². The second-order valence-corrected chi connectivity index (χ2v) is 21.4. The molecular weight excluding hydrogens is 601 g/mol.